The van der Waals surface area contributed by atoms with Crippen LogP contribution in [0.2, 0.25) is 0 Å². The van der Waals surface area contributed by atoms with Gasteiger partial charge in [0.1, 0.15) is 5.56 Å². The summed E-state index contributed by atoms with van der Waals surface area (Å²) < 4.78 is 43.5. The Morgan fingerprint density at radius 2 is 2.05 bits per heavy atom. The number of hydrogen-bond donors (Lipinski definition) is 1. The van der Waals surface area contributed by atoms with Crippen molar-refractivity contribution in [3.63, 3.8) is 0 Å². The van der Waals surface area contributed by atoms with Gasteiger partial charge >= 0.3 is 6.18 Å². The standard InChI is InChI=1S/C12H9BrF3N3O/c1-20-10-9(12(14,15)16)6-17-11(19-10)18-8-4-2-3-7(13)5-8/h2-6H,1H3,(H,17,18,19). The second kappa shape index (κ2) is 5.66. The van der Waals surface area contributed by atoms with Crippen LogP contribution >= 0.6 is 15.9 Å². The van der Waals surface area contributed by atoms with E-state index in [1.807, 2.05) is 6.07 Å². The molecule has 0 saturated heterocycles. The maximum atomic E-state index is 12.7. The molecule has 1 aromatic heterocycles. The van der Waals surface area contributed by atoms with Gasteiger partial charge in [-0.3, -0.25) is 0 Å². The van der Waals surface area contributed by atoms with Gasteiger partial charge in [-0.2, -0.15) is 18.2 Å². The summed E-state index contributed by atoms with van der Waals surface area (Å²) >= 11 is 3.29. The molecule has 0 radical (unpaired) electrons. The summed E-state index contributed by atoms with van der Waals surface area (Å²) in [5.74, 6) is -0.502. The van der Waals surface area contributed by atoms with Gasteiger partial charge in [0, 0.05) is 16.4 Å². The molecule has 0 aliphatic heterocycles. The molecule has 1 aromatic carbocycles. The third-order valence-corrected chi connectivity index (χ3v) is 2.83. The molecule has 0 unspecified atom stereocenters. The van der Waals surface area contributed by atoms with Crippen LogP contribution in [-0.4, -0.2) is 17.1 Å². The monoisotopic (exact) mass is 347 g/mol. The first-order valence-corrected chi connectivity index (χ1v) is 6.20. The molecule has 0 spiro atoms. The highest BCUT2D eigenvalue weighted by atomic mass is 79.9. The maximum absolute atomic E-state index is 12.7. The van der Waals surface area contributed by atoms with Crippen LogP contribution in [0.5, 0.6) is 5.88 Å². The summed E-state index contributed by atoms with van der Waals surface area (Å²) in [6.45, 7) is 0. The molecule has 1 heterocycles. The highest BCUT2D eigenvalue weighted by molar-refractivity contribution is 9.10. The van der Waals surface area contributed by atoms with Crippen LogP contribution in [-0.2, 0) is 6.18 Å². The van der Waals surface area contributed by atoms with Gasteiger partial charge in [-0.15, -0.1) is 0 Å². The SMILES string of the molecule is COc1nc(Nc2cccc(Br)c2)ncc1C(F)(F)F. The van der Waals surface area contributed by atoms with Gasteiger partial charge in [-0.05, 0) is 18.2 Å². The van der Waals surface area contributed by atoms with Gasteiger partial charge in [0.05, 0.1) is 7.11 Å². The van der Waals surface area contributed by atoms with E-state index in [2.05, 4.69) is 36.0 Å². The number of anilines is 2. The average Bonchev–Trinajstić information content (AvgIpc) is 2.37. The molecule has 8 heteroatoms. The van der Waals surface area contributed by atoms with E-state index in [0.717, 1.165) is 11.6 Å². The molecular weight excluding hydrogens is 339 g/mol. The maximum Gasteiger partial charge on any atom is 0.423 e. The van der Waals surface area contributed by atoms with E-state index in [1.54, 1.807) is 18.2 Å². The molecule has 2 aromatic rings. The number of halogens is 4. The molecule has 0 saturated carbocycles. The lowest BCUT2D eigenvalue weighted by atomic mass is 10.3. The Hall–Kier alpha value is -1.83. The van der Waals surface area contributed by atoms with Gasteiger partial charge in [0.15, 0.2) is 0 Å². The van der Waals surface area contributed by atoms with Gasteiger partial charge in [0.25, 0.3) is 0 Å². The van der Waals surface area contributed by atoms with E-state index in [1.165, 1.54) is 0 Å². The third kappa shape index (κ3) is 3.38. The van der Waals surface area contributed by atoms with E-state index in [9.17, 15) is 13.2 Å². The van der Waals surface area contributed by atoms with Gasteiger partial charge in [-0.1, -0.05) is 22.0 Å². The van der Waals surface area contributed by atoms with Crippen LogP contribution in [0.15, 0.2) is 34.9 Å². The number of methoxy groups -OCH3 is 1. The van der Waals surface area contributed by atoms with Crippen molar-refractivity contribution in [2.24, 2.45) is 0 Å². The van der Waals surface area contributed by atoms with E-state index in [-0.39, 0.29) is 5.95 Å². The second-order valence-corrected chi connectivity index (χ2v) is 4.67. The van der Waals surface area contributed by atoms with Gasteiger partial charge < -0.3 is 10.1 Å². The van der Waals surface area contributed by atoms with E-state index in [4.69, 9.17) is 0 Å². The van der Waals surface area contributed by atoms with E-state index < -0.39 is 17.6 Å². The molecule has 20 heavy (non-hydrogen) atoms. The minimum Gasteiger partial charge on any atom is -0.480 e. The topological polar surface area (TPSA) is 47.0 Å². The fourth-order valence-electron chi connectivity index (χ4n) is 1.47. The lowest BCUT2D eigenvalue weighted by molar-refractivity contribution is -0.139. The van der Waals surface area contributed by atoms with Crippen molar-refractivity contribution < 1.29 is 17.9 Å². The average molecular weight is 348 g/mol. The van der Waals surface area contributed by atoms with E-state index >= 15 is 0 Å². The van der Waals surface area contributed by atoms with Crippen molar-refractivity contribution in [3.05, 3.63) is 40.5 Å². The zero-order valence-electron chi connectivity index (χ0n) is 10.2. The van der Waals surface area contributed by atoms with Crippen molar-refractivity contribution in [3.8, 4) is 5.88 Å². The van der Waals surface area contributed by atoms with Crippen LogP contribution in [0, 0.1) is 0 Å². The molecule has 0 aliphatic carbocycles. The molecule has 0 bridgehead atoms. The molecule has 4 nitrogen and oxygen atoms in total. The molecule has 1 N–H and O–H groups in total. The number of nitrogens with one attached hydrogen (secondary N) is 1. The van der Waals surface area contributed by atoms with Crippen LogP contribution < -0.4 is 10.1 Å². The van der Waals surface area contributed by atoms with E-state index in [0.29, 0.717) is 11.9 Å². The highest BCUT2D eigenvalue weighted by Crippen LogP contribution is 2.35. The van der Waals surface area contributed by atoms with Gasteiger partial charge in [0.2, 0.25) is 11.8 Å². The fraction of sp³-hybridized carbons (Fsp3) is 0.167. The number of hydrogen-bond acceptors (Lipinski definition) is 4. The number of benzene rings is 1. The minimum atomic E-state index is -4.56. The van der Waals surface area contributed by atoms with Crippen LogP contribution in [0.3, 0.4) is 0 Å². The summed E-state index contributed by atoms with van der Waals surface area (Å²) in [5.41, 5.74) is -0.374. The van der Waals surface area contributed by atoms with Crippen LogP contribution in [0.1, 0.15) is 5.56 Å². The third-order valence-electron chi connectivity index (χ3n) is 2.33. The summed E-state index contributed by atoms with van der Waals surface area (Å²) in [7, 11) is 1.13. The van der Waals surface area contributed by atoms with Crippen LogP contribution in [0.4, 0.5) is 24.8 Å². The van der Waals surface area contributed by atoms with Crippen molar-refractivity contribution in [1.82, 2.24) is 9.97 Å². The normalized spacial score (nSPS) is 11.2. The number of nitrogens with zero attached hydrogens (tertiary/aromatic N) is 2. The van der Waals surface area contributed by atoms with Crippen molar-refractivity contribution >= 4 is 27.6 Å². The summed E-state index contributed by atoms with van der Waals surface area (Å²) in [4.78, 5) is 7.34. The first-order valence-electron chi connectivity index (χ1n) is 5.41. The number of ether oxygens (including phenoxy) is 1. The zero-order valence-corrected chi connectivity index (χ0v) is 11.8. The second-order valence-electron chi connectivity index (χ2n) is 3.75. The first kappa shape index (κ1) is 14.6. The highest BCUT2D eigenvalue weighted by Gasteiger charge is 2.36. The zero-order chi connectivity index (χ0) is 14.8. The lowest BCUT2D eigenvalue weighted by Crippen LogP contribution is -2.11. The van der Waals surface area contributed by atoms with Crippen molar-refractivity contribution in [2.45, 2.75) is 6.18 Å². The number of alkyl halides is 3. The molecular formula is C12H9BrF3N3O. The molecule has 0 amide bonds. The first-order chi connectivity index (χ1) is 9.40. The smallest absolute Gasteiger partial charge is 0.423 e. The summed E-state index contributed by atoms with van der Waals surface area (Å²) in [6.07, 6.45) is -3.87. The van der Waals surface area contributed by atoms with Crippen LogP contribution in [0.25, 0.3) is 0 Å². The predicted molar refractivity (Wildman–Crippen MR) is 71.0 cm³/mol. The molecule has 0 atom stereocenters. The molecule has 0 aliphatic rings. The number of aromatic nitrogens is 2. The summed E-state index contributed by atoms with van der Waals surface area (Å²) in [5, 5.41) is 2.80. The molecule has 0 fully saturated rings. The Balaban J connectivity index is 2.30. The fourth-order valence-corrected chi connectivity index (χ4v) is 1.87. The lowest BCUT2D eigenvalue weighted by Gasteiger charge is -2.12. The predicted octanol–water partition coefficient (Wildman–Crippen LogP) is 4.01. The minimum absolute atomic E-state index is 0.0212. The quantitative estimate of drug-likeness (QED) is 0.911. The summed E-state index contributed by atoms with van der Waals surface area (Å²) in [6, 6.07) is 7.07. The molecule has 106 valence electrons. The van der Waals surface area contributed by atoms with Crippen molar-refractivity contribution in [2.75, 3.05) is 12.4 Å². The molecule has 2 rings (SSSR count). The Morgan fingerprint density at radius 1 is 1.30 bits per heavy atom. The Kier molecular flexibility index (Phi) is 4.12. The largest absolute Gasteiger partial charge is 0.480 e. The Morgan fingerprint density at radius 3 is 2.65 bits per heavy atom. The Labute approximate surface area is 121 Å². The van der Waals surface area contributed by atoms with Crippen molar-refractivity contribution in [1.29, 1.82) is 0 Å². The Bertz CT molecular complexity index is 619. The number of rotatable bonds is 3. The van der Waals surface area contributed by atoms with Gasteiger partial charge in [-0.25, -0.2) is 4.98 Å².